The fourth-order valence-electron chi connectivity index (χ4n) is 3.51. The van der Waals surface area contributed by atoms with Crippen LogP contribution in [-0.2, 0) is 17.8 Å². The Hall–Kier alpha value is -3.13. The summed E-state index contributed by atoms with van der Waals surface area (Å²) in [5, 5.41) is 13.6. The minimum absolute atomic E-state index is 0.0856. The number of benzene rings is 1. The van der Waals surface area contributed by atoms with E-state index in [-0.39, 0.29) is 11.4 Å². The lowest BCUT2D eigenvalue weighted by molar-refractivity contribution is -0.115. The molecule has 1 fully saturated rings. The standard InChI is InChI=1S/C23H25N3O4S/c1-12(2)9-18-17(11-24-22(28)29)20(15-7-5-13(3)6-8-15)16(14(4)25-18)10-19-21(27)26-23(30)31-19/h5-8,10,12,24H,9,11H2,1-4H3,(H,28,29)(H,26,27,30)/b19-10-. The highest BCUT2D eigenvalue weighted by Crippen LogP contribution is 2.36. The zero-order valence-corrected chi connectivity index (χ0v) is 18.7. The van der Waals surface area contributed by atoms with E-state index in [0.717, 1.165) is 39.7 Å². The molecule has 0 unspecified atom stereocenters. The molecule has 1 saturated heterocycles. The highest BCUT2D eigenvalue weighted by Gasteiger charge is 2.27. The summed E-state index contributed by atoms with van der Waals surface area (Å²) in [5.74, 6) is -0.125. The van der Waals surface area contributed by atoms with Crippen LogP contribution in [0.4, 0.5) is 9.59 Å². The van der Waals surface area contributed by atoms with Crippen LogP contribution in [0.25, 0.3) is 17.2 Å². The quantitative estimate of drug-likeness (QED) is 0.565. The minimum atomic E-state index is -1.12. The number of aryl methyl sites for hydroxylation is 2. The average molecular weight is 440 g/mol. The van der Waals surface area contributed by atoms with Crippen LogP contribution in [0, 0.1) is 19.8 Å². The lowest BCUT2D eigenvalue weighted by atomic mass is 9.89. The van der Waals surface area contributed by atoms with Crippen LogP contribution in [0.5, 0.6) is 0 Å². The number of hydrogen-bond donors (Lipinski definition) is 3. The van der Waals surface area contributed by atoms with Gasteiger partial charge in [-0.1, -0.05) is 43.7 Å². The van der Waals surface area contributed by atoms with E-state index in [4.69, 9.17) is 4.98 Å². The number of nitrogens with zero attached hydrogens (tertiary/aromatic N) is 1. The molecule has 0 atom stereocenters. The normalized spacial score (nSPS) is 14.9. The van der Waals surface area contributed by atoms with E-state index in [1.54, 1.807) is 6.08 Å². The van der Waals surface area contributed by atoms with Gasteiger partial charge in [-0.2, -0.15) is 0 Å². The zero-order valence-electron chi connectivity index (χ0n) is 17.9. The van der Waals surface area contributed by atoms with Gasteiger partial charge in [-0.25, -0.2) is 4.79 Å². The Morgan fingerprint density at radius 3 is 2.45 bits per heavy atom. The Balaban J connectivity index is 2.30. The molecule has 31 heavy (non-hydrogen) atoms. The first-order valence-electron chi connectivity index (χ1n) is 9.96. The van der Waals surface area contributed by atoms with E-state index in [1.807, 2.05) is 38.1 Å². The lowest BCUT2D eigenvalue weighted by Gasteiger charge is -2.21. The maximum Gasteiger partial charge on any atom is 0.404 e. The number of carbonyl (C=O) groups excluding carboxylic acids is 2. The second-order valence-electron chi connectivity index (χ2n) is 7.89. The maximum absolute atomic E-state index is 12.2. The summed E-state index contributed by atoms with van der Waals surface area (Å²) in [6, 6.07) is 7.92. The molecule has 0 spiro atoms. The van der Waals surface area contributed by atoms with Crippen LogP contribution in [0.1, 0.15) is 41.9 Å². The second-order valence-corrected chi connectivity index (χ2v) is 8.90. The molecule has 3 rings (SSSR count). The number of carboxylic acid groups (broad SMARTS) is 1. The number of rotatable bonds is 6. The average Bonchev–Trinajstić information content (AvgIpc) is 2.99. The number of pyridine rings is 1. The van der Waals surface area contributed by atoms with Gasteiger partial charge >= 0.3 is 6.09 Å². The molecule has 1 aliphatic rings. The van der Waals surface area contributed by atoms with Crippen LogP contribution < -0.4 is 10.6 Å². The van der Waals surface area contributed by atoms with Gasteiger partial charge in [0.15, 0.2) is 0 Å². The molecule has 1 aliphatic heterocycles. The molecule has 3 amide bonds. The molecular weight excluding hydrogens is 414 g/mol. The molecule has 1 aromatic heterocycles. The van der Waals surface area contributed by atoms with Crippen molar-refractivity contribution in [1.82, 2.24) is 15.6 Å². The third-order valence-corrected chi connectivity index (χ3v) is 5.70. The lowest BCUT2D eigenvalue weighted by Crippen LogP contribution is -2.23. The third kappa shape index (κ3) is 5.32. The second kappa shape index (κ2) is 9.34. The number of amides is 3. The Labute approximate surface area is 185 Å². The van der Waals surface area contributed by atoms with E-state index < -0.39 is 17.2 Å². The first kappa shape index (κ1) is 22.6. The Morgan fingerprint density at radius 1 is 1.23 bits per heavy atom. The van der Waals surface area contributed by atoms with E-state index >= 15 is 0 Å². The molecule has 0 radical (unpaired) electrons. The zero-order chi connectivity index (χ0) is 22.7. The van der Waals surface area contributed by atoms with E-state index in [2.05, 4.69) is 24.5 Å². The molecular formula is C23H25N3O4S. The number of nitrogens with one attached hydrogen (secondary N) is 2. The topological polar surface area (TPSA) is 108 Å². The van der Waals surface area contributed by atoms with Crippen molar-refractivity contribution < 1.29 is 19.5 Å². The first-order chi connectivity index (χ1) is 14.7. The Morgan fingerprint density at radius 2 is 1.90 bits per heavy atom. The van der Waals surface area contributed by atoms with Crippen molar-refractivity contribution in [3.05, 3.63) is 57.2 Å². The molecule has 8 heteroatoms. The maximum atomic E-state index is 12.2. The van der Waals surface area contributed by atoms with Crippen molar-refractivity contribution in [2.75, 3.05) is 0 Å². The third-order valence-electron chi connectivity index (χ3n) is 4.89. The largest absolute Gasteiger partial charge is 0.465 e. The summed E-state index contributed by atoms with van der Waals surface area (Å²) < 4.78 is 0. The van der Waals surface area contributed by atoms with Crippen LogP contribution >= 0.6 is 11.8 Å². The minimum Gasteiger partial charge on any atom is -0.465 e. The molecule has 162 valence electrons. The highest BCUT2D eigenvalue weighted by molar-refractivity contribution is 8.18. The van der Waals surface area contributed by atoms with Gasteiger partial charge in [0, 0.05) is 29.1 Å². The van der Waals surface area contributed by atoms with Crippen LogP contribution in [0.2, 0.25) is 0 Å². The van der Waals surface area contributed by atoms with Crippen molar-refractivity contribution in [2.24, 2.45) is 5.92 Å². The van der Waals surface area contributed by atoms with Crippen LogP contribution in [0.3, 0.4) is 0 Å². The van der Waals surface area contributed by atoms with E-state index in [1.165, 1.54) is 0 Å². The molecule has 1 aromatic carbocycles. The summed E-state index contributed by atoms with van der Waals surface area (Å²) in [6.07, 6.45) is 1.23. The number of aromatic nitrogens is 1. The van der Waals surface area contributed by atoms with Gasteiger partial charge in [-0.15, -0.1) is 0 Å². The fourth-order valence-corrected chi connectivity index (χ4v) is 4.17. The number of thioether (sulfide) groups is 1. The van der Waals surface area contributed by atoms with Crippen molar-refractivity contribution in [3.8, 4) is 11.1 Å². The van der Waals surface area contributed by atoms with Gasteiger partial charge in [0.2, 0.25) is 0 Å². The Kier molecular flexibility index (Phi) is 6.80. The molecule has 3 N–H and O–H groups in total. The molecule has 0 aliphatic carbocycles. The highest BCUT2D eigenvalue weighted by atomic mass is 32.2. The number of hydrogen-bond acceptors (Lipinski definition) is 5. The molecule has 0 saturated carbocycles. The van der Waals surface area contributed by atoms with Gasteiger partial charge in [0.05, 0.1) is 4.91 Å². The number of carbonyl (C=O) groups is 3. The van der Waals surface area contributed by atoms with Gasteiger partial charge in [-0.3, -0.25) is 19.9 Å². The SMILES string of the molecule is Cc1ccc(-c2c(/C=C3\SC(=O)NC3=O)c(C)nc(CC(C)C)c2CNC(=O)O)cc1. The summed E-state index contributed by atoms with van der Waals surface area (Å²) in [6.45, 7) is 8.10. The van der Waals surface area contributed by atoms with Crippen molar-refractivity contribution in [1.29, 1.82) is 0 Å². The van der Waals surface area contributed by atoms with Gasteiger partial charge < -0.3 is 10.4 Å². The predicted molar refractivity (Wildman–Crippen MR) is 122 cm³/mol. The van der Waals surface area contributed by atoms with Gasteiger partial charge in [-0.05, 0) is 55.2 Å². The van der Waals surface area contributed by atoms with Crippen LogP contribution in [0.15, 0.2) is 29.2 Å². The Bertz CT molecular complexity index is 1080. The molecule has 0 bridgehead atoms. The van der Waals surface area contributed by atoms with Crippen molar-refractivity contribution in [3.63, 3.8) is 0 Å². The summed E-state index contributed by atoms with van der Waals surface area (Å²) in [5.41, 5.74) is 5.81. The van der Waals surface area contributed by atoms with Crippen molar-refractivity contribution >= 4 is 35.1 Å². The summed E-state index contributed by atoms with van der Waals surface area (Å²) in [7, 11) is 0. The first-order valence-corrected chi connectivity index (χ1v) is 10.8. The van der Waals surface area contributed by atoms with Crippen LogP contribution in [-0.4, -0.2) is 27.3 Å². The molecule has 2 heterocycles. The monoisotopic (exact) mass is 439 g/mol. The molecule has 7 nitrogen and oxygen atoms in total. The predicted octanol–water partition coefficient (Wildman–Crippen LogP) is 4.66. The summed E-state index contributed by atoms with van der Waals surface area (Å²) >= 11 is 0.847. The number of imide groups is 1. The fraction of sp³-hybridized carbons (Fsp3) is 0.304. The summed E-state index contributed by atoms with van der Waals surface area (Å²) in [4.78, 5) is 40.2. The van der Waals surface area contributed by atoms with Gasteiger partial charge in [0.25, 0.3) is 11.1 Å². The van der Waals surface area contributed by atoms with Crippen molar-refractivity contribution in [2.45, 2.75) is 40.7 Å². The van der Waals surface area contributed by atoms with E-state index in [9.17, 15) is 19.5 Å². The molecule has 2 aromatic rings. The van der Waals surface area contributed by atoms with Gasteiger partial charge in [0.1, 0.15) is 0 Å². The smallest absolute Gasteiger partial charge is 0.404 e. The van der Waals surface area contributed by atoms with E-state index in [0.29, 0.717) is 23.6 Å².